The van der Waals surface area contributed by atoms with Gasteiger partial charge >= 0.3 is 6.18 Å². The van der Waals surface area contributed by atoms with Crippen LogP contribution in [0.5, 0.6) is 0 Å². The van der Waals surface area contributed by atoms with E-state index in [9.17, 15) is 18.0 Å². The maximum atomic E-state index is 13.7. The molecule has 1 fully saturated rings. The molecule has 0 saturated carbocycles. The fourth-order valence-electron chi connectivity index (χ4n) is 4.23. The van der Waals surface area contributed by atoms with Gasteiger partial charge in [0.05, 0.1) is 11.1 Å². The summed E-state index contributed by atoms with van der Waals surface area (Å²) >= 11 is 0. The van der Waals surface area contributed by atoms with Crippen LogP contribution in [0.4, 0.5) is 24.8 Å². The number of rotatable bonds is 7. The number of piperazine rings is 1. The SMILES string of the molecule is CCC[C@@H]1CN(c2ccc(C(F)(F)F)c(C(=O)c3cccnc3N)n2)C[C@H](CC(C)C)N1.[HH].[HH].[HH]. The van der Waals surface area contributed by atoms with Crippen molar-refractivity contribution in [2.45, 2.75) is 58.3 Å². The van der Waals surface area contributed by atoms with Crippen molar-refractivity contribution < 1.29 is 22.2 Å². The number of carbonyl (C=O) groups excluding carboxylic acids is 1. The molecule has 2 atom stereocenters. The van der Waals surface area contributed by atoms with Crippen molar-refractivity contribution in [3.8, 4) is 0 Å². The van der Waals surface area contributed by atoms with Gasteiger partial charge in [-0.2, -0.15) is 13.2 Å². The first-order chi connectivity index (χ1) is 15.1. The third kappa shape index (κ3) is 5.56. The lowest BCUT2D eigenvalue weighted by molar-refractivity contribution is -0.138. The van der Waals surface area contributed by atoms with E-state index in [1.165, 1.54) is 24.4 Å². The molecule has 180 valence electrons. The van der Waals surface area contributed by atoms with E-state index in [0.29, 0.717) is 24.8 Å². The topological polar surface area (TPSA) is 84.1 Å². The Hall–Kier alpha value is -2.68. The zero-order valence-corrected chi connectivity index (χ0v) is 18.6. The van der Waals surface area contributed by atoms with E-state index in [1.807, 2.05) is 4.90 Å². The summed E-state index contributed by atoms with van der Waals surface area (Å²) in [5.41, 5.74) is 3.93. The first kappa shape index (κ1) is 24.0. The summed E-state index contributed by atoms with van der Waals surface area (Å²) < 4.78 is 41.1. The lowest BCUT2D eigenvalue weighted by Gasteiger charge is -2.40. The molecular weight excluding hydrogens is 419 g/mol. The van der Waals surface area contributed by atoms with E-state index in [-0.39, 0.29) is 27.7 Å². The Labute approximate surface area is 190 Å². The molecule has 2 aromatic rings. The van der Waals surface area contributed by atoms with Crippen molar-refractivity contribution in [3.63, 3.8) is 0 Å². The number of nitrogens with two attached hydrogens (primary N) is 1. The van der Waals surface area contributed by atoms with Gasteiger partial charge in [0, 0.05) is 35.6 Å². The zero-order chi connectivity index (χ0) is 23.5. The van der Waals surface area contributed by atoms with Crippen LogP contribution in [0, 0.1) is 5.92 Å². The number of halogens is 3. The molecule has 1 aliphatic heterocycles. The van der Waals surface area contributed by atoms with Crippen LogP contribution in [-0.2, 0) is 6.18 Å². The highest BCUT2D eigenvalue weighted by Gasteiger charge is 2.38. The number of aromatic nitrogens is 2. The van der Waals surface area contributed by atoms with Crippen molar-refractivity contribution in [1.29, 1.82) is 0 Å². The number of alkyl halides is 3. The van der Waals surface area contributed by atoms with Crippen molar-refractivity contribution in [2.75, 3.05) is 23.7 Å². The van der Waals surface area contributed by atoms with E-state index in [4.69, 9.17) is 5.73 Å². The second-order valence-corrected chi connectivity index (χ2v) is 8.71. The number of anilines is 2. The van der Waals surface area contributed by atoms with E-state index in [0.717, 1.165) is 25.3 Å². The monoisotopic (exact) mass is 455 g/mol. The Morgan fingerprint density at radius 3 is 2.62 bits per heavy atom. The molecule has 0 spiro atoms. The number of ketones is 1. The lowest BCUT2D eigenvalue weighted by Crippen LogP contribution is -2.57. The molecule has 0 aromatic carbocycles. The highest BCUT2D eigenvalue weighted by molar-refractivity contribution is 6.11. The summed E-state index contributed by atoms with van der Waals surface area (Å²) in [5.74, 6) is -0.176. The smallest absolute Gasteiger partial charge is 0.383 e. The summed E-state index contributed by atoms with van der Waals surface area (Å²) in [6.07, 6.45) is -0.463. The fourth-order valence-corrected chi connectivity index (χ4v) is 4.23. The number of pyridine rings is 2. The molecule has 32 heavy (non-hydrogen) atoms. The maximum Gasteiger partial charge on any atom is 0.418 e. The van der Waals surface area contributed by atoms with E-state index < -0.39 is 23.2 Å². The number of nitrogen functional groups attached to an aromatic ring is 1. The summed E-state index contributed by atoms with van der Waals surface area (Å²) in [6.45, 7) is 7.61. The van der Waals surface area contributed by atoms with E-state index in [1.54, 1.807) is 0 Å². The van der Waals surface area contributed by atoms with Crippen molar-refractivity contribution >= 4 is 17.4 Å². The second-order valence-electron chi connectivity index (χ2n) is 8.71. The third-order valence-corrected chi connectivity index (χ3v) is 5.55. The summed E-state index contributed by atoms with van der Waals surface area (Å²) in [4.78, 5) is 23.1. The molecule has 6 nitrogen and oxygen atoms in total. The molecule has 3 heterocycles. The lowest BCUT2D eigenvalue weighted by atomic mass is 9.98. The van der Waals surface area contributed by atoms with Gasteiger partial charge in [-0.05, 0) is 43.0 Å². The molecule has 3 N–H and O–H groups in total. The second kappa shape index (κ2) is 9.85. The van der Waals surface area contributed by atoms with Gasteiger partial charge in [-0.3, -0.25) is 4.79 Å². The van der Waals surface area contributed by atoms with Gasteiger partial charge in [0.15, 0.2) is 0 Å². The number of hydrogen-bond acceptors (Lipinski definition) is 6. The van der Waals surface area contributed by atoms with Crippen LogP contribution in [0.15, 0.2) is 30.5 Å². The Kier molecular flexibility index (Phi) is 7.38. The van der Waals surface area contributed by atoms with Gasteiger partial charge in [0.1, 0.15) is 17.3 Å². The van der Waals surface area contributed by atoms with Crippen LogP contribution in [-0.4, -0.2) is 40.9 Å². The van der Waals surface area contributed by atoms with Crippen LogP contribution in [0.3, 0.4) is 0 Å². The quantitative estimate of drug-likeness (QED) is 0.569. The van der Waals surface area contributed by atoms with Crippen molar-refractivity contribution in [2.24, 2.45) is 5.92 Å². The predicted octanol–water partition coefficient (Wildman–Crippen LogP) is 5.04. The molecule has 9 heteroatoms. The van der Waals surface area contributed by atoms with Gasteiger partial charge in [0.2, 0.25) is 5.78 Å². The van der Waals surface area contributed by atoms with Crippen LogP contribution >= 0.6 is 0 Å². The summed E-state index contributed by atoms with van der Waals surface area (Å²) in [5, 5.41) is 3.65. The molecule has 0 amide bonds. The Bertz CT molecular complexity index is 962. The Morgan fingerprint density at radius 1 is 1.28 bits per heavy atom. The Balaban J connectivity index is 0.00000385. The summed E-state index contributed by atoms with van der Waals surface area (Å²) in [6, 6.07) is 5.51. The van der Waals surface area contributed by atoms with Crippen LogP contribution in [0.1, 0.15) is 65.9 Å². The molecule has 3 rings (SSSR count). The molecule has 0 bridgehead atoms. The third-order valence-electron chi connectivity index (χ3n) is 5.55. The van der Waals surface area contributed by atoms with Gasteiger partial charge in [-0.15, -0.1) is 0 Å². The Morgan fingerprint density at radius 2 is 2.00 bits per heavy atom. The van der Waals surface area contributed by atoms with Gasteiger partial charge < -0.3 is 16.0 Å². The molecule has 1 aliphatic rings. The average Bonchev–Trinajstić information content (AvgIpc) is 2.72. The highest BCUT2D eigenvalue weighted by Crippen LogP contribution is 2.34. The predicted molar refractivity (Wildman–Crippen MR) is 125 cm³/mol. The van der Waals surface area contributed by atoms with Gasteiger partial charge in [0.25, 0.3) is 0 Å². The minimum atomic E-state index is -4.72. The highest BCUT2D eigenvalue weighted by atomic mass is 19.4. The minimum absolute atomic E-state index is 0. The number of nitrogens with zero attached hydrogens (tertiary/aromatic N) is 3. The number of hydrogen-bond donors (Lipinski definition) is 2. The van der Waals surface area contributed by atoms with Crippen molar-refractivity contribution in [3.05, 3.63) is 47.3 Å². The molecule has 0 unspecified atom stereocenters. The minimum Gasteiger partial charge on any atom is -0.383 e. The molecule has 1 saturated heterocycles. The van der Waals surface area contributed by atoms with Crippen LogP contribution < -0.4 is 16.0 Å². The average molecular weight is 456 g/mol. The fraction of sp³-hybridized carbons (Fsp3) is 0.522. The van der Waals surface area contributed by atoms with Crippen molar-refractivity contribution in [1.82, 2.24) is 15.3 Å². The molecule has 0 radical (unpaired) electrons. The summed E-state index contributed by atoms with van der Waals surface area (Å²) in [7, 11) is 0. The van der Waals surface area contributed by atoms with Crippen LogP contribution in [0.2, 0.25) is 0 Å². The molecular formula is C23H36F3N5O. The van der Waals surface area contributed by atoms with Gasteiger partial charge in [-0.1, -0.05) is 27.2 Å². The normalized spacial score (nSPS) is 19.4. The van der Waals surface area contributed by atoms with E-state index in [2.05, 4.69) is 36.1 Å². The zero-order valence-electron chi connectivity index (χ0n) is 18.6. The number of nitrogens with one attached hydrogen (secondary N) is 1. The van der Waals surface area contributed by atoms with Crippen LogP contribution in [0.25, 0.3) is 0 Å². The molecule has 0 aliphatic carbocycles. The largest absolute Gasteiger partial charge is 0.418 e. The maximum absolute atomic E-state index is 13.7. The first-order valence-electron chi connectivity index (χ1n) is 10.9. The standard InChI is InChI=1S/C23H30F3N5O.3H2/c1-4-6-15-12-31(13-16(29-15)11-14(2)3)19-9-8-18(23(24,25)26)20(30-19)21(32)17-7-5-10-28-22(17)27;;;/h5,7-10,14-16,29H,4,6,11-13H2,1-3H3,(H2,27,28);3*1H/t15-,16+;;;/m1.../s1. The van der Waals surface area contributed by atoms with Gasteiger partial charge in [-0.25, -0.2) is 9.97 Å². The molecule has 2 aromatic heterocycles. The van der Waals surface area contributed by atoms with E-state index >= 15 is 0 Å². The first-order valence-corrected chi connectivity index (χ1v) is 10.9. The number of carbonyl (C=O) groups is 1.